The standard InChI is InChI=1S/C21H23N3O4S2/c1-15(2)10-12-28-18-5-3-4-16(14-18)20(25)23-17-6-8-19(9-7-17)30(26,27)24-21-22-11-13-29-21/h3-9,11,13-15H,10,12H2,1-2H3,(H,22,24)(H,23,25). The molecule has 0 bridgehead atoms. The third-order valence-electron chi connectivity index (χ3n) is 4.14. The zero-order valence-electron chi connectivity index (χ0n) is 16.7. The van der Waals surface area contributed by atoms with Gasteiger partial charge < -0.3 is 10.1 Å². The Morgan fingerprint density at radius 3 is 2.60 bits per heavy atom. The fraction of sp³-hybridized carbons (Fsp3) is 0.238. The van der Waals surface area contributed by atoms with E-state index in [1.165, 1.54) is 41.8 Å². The monoisotopic (exact) mass is 445 g/mol. The summed E-state index contributed by atoms with van der Waals surface area (Å²) in [6.45, 7) is 4.84. The number of nitrogens with one attached hydrogen (secondary N) is 2. The maximum absolute atomic E-state index is 12.5. The van der Waals surface area contributed by atoms with Crippen molar-refractivity contribution >= 4 is 38.1 Å². The highest BCUT2D eigenvalue weighted by Gasteiger charge is 2.16. The van der Waals surface area contributed by atoms with Gasteiger partial charge in [0, 0.05) is 22.8 Å². The van der Waals surface area contributed by atoms with Crippen LogP contribution in [0.5, 0.6) is 5.75 Å². The molecule has 0 radical (unpaired) electrons. The number of benzene rings is 2. The molecule has 0 aliphatic heterocycles. The summed E-state index contributed by atoms with van der Waals surface area (Å²) in [7, 11) is -3.73. The van der Waals surface area contributed by atoms with Crippen molar-refractivity contribution in [1.29, 1.82) is 0 Å². The molecule has 0 aliphatic carbocycles. The van der Waals surface area contributed by atoms with Gasteiger partial charge in [-0.1, -0.05) is 19.9 Å². The van der Waals surface area contributed by atoms with Crippen molar-refractivity contribution < 1.29 is 17.9 Å². The maximum Gasteiger partial charge on any atom is 0.263 e. The minimum atomic E-state index is -3.73. The molecule has 9 heteroatoms. The number of thiazole rings is 1. The van der Waals surface area contributed by atoms with Crippen LogP contribution in [-0.4, -0.2) is 25.9 Å². The maximum atomic E-state index is 12.5. The van der Waals surface area contributed by atoms with Crippen LogP contribution in [-0.2, 0) is 10.0 Å². The van der Waals surface area contributed by atoms with Crippen LogP contribution in [0, 0.1) is 5.92 Å². The summed E-state index contributed by atoms with van der Waals surface area (Å²) < 4.78 is 32.9. The molecule has 0 saturated heterocycles. The normalized spacial score (nSPS) is 11.3. The second-order valence-corrected chi connectivity index (χ2v) is 9.56. The number of hydrogen-bond acceptors (Lipinski definition) is 6. The third kappa shape index (κ3) is 6.04. The van der Waals surface area contributed by atoms with Crippen LogP contribution in [0.15, 0.2) is 65.0 Å². The van der Waals surface area contributed by atoms with E-state index in [1.54, 1.807) is 23.6 Å². The van der Waals surface area contributed by atoms with E-state index in [1.807, 2.05) is 6.07 Å². The SMILES string of the molecule is CC(C)CCOc1cccc(C(=O)Nc2ccc(S(=O)(=O)Nc3nccs3)cc2)c1. The number of hydrogen-bond donors (Lipinski definition) is 2. The molecule has 7 nitrogen and oxygen atoms in total. The molecule has 2 aromatic carbocycles. The van der Waals surface area contributed by atoms with Gasteiger partial charge in [-0.15, -0.1) is 11.3 Å². The highest BCUT2D eigenvalue weighted by molar-refractivity contribution is 7.93. The van der Waals surface area contributed by atoms with Crippen molar-refractivity contribution in [3.8, 4) is 5.75 Å². The number of carbonyl (C=O) groups is 1. The van der Waals surface area contributed by atoms with Gasteiger partial charge in [0.05, 0.1) is 11.5 Å². The van der Waals surface area contributed by atoms with E-state index >= 15 is 0 Å². The molecular formula is C21H23N3O4S2. The smallest absolute Gasteiger partial charge is 0.263 e. The molecule has 3 aromatic rings. The summed E-state index contributed by atoms with van der Waals surface area (Å²) in [5.74, 6) is 0.874. The number of rotatable bonds is 9. The molecular weight excluding hydrogens is 422 g/mol. The number of nitrogens with zero attached hydrogens (tertiary/aromatic N) is 1. The summed E-state index contributed by atoms with van der Waals surface area (Å²) >= 11 is 1.19. The van der Waals surface area contributed by atoms with Crippen molar-refractivity contribution in [2.75, 3.05) is 16.6 Å². The zero-order valence-corrected chi connectivity index (χ0v) is 18.3. The Morgan fingerprint density at radius 2 is 1.93 bits per heavy atom. The molecule has 1 heterocycles. The van der Waals surface area contributed by atoms with Crippen LogP contribution in [0.1, 0.15) is 30.6 Å². The second kappa shape index (κ2) is 9.73. The fourth-order valence-corrected chi connectivity index (χ4v) is 4.30. The van der Waals surface area contributed by atoms with Gasteiger partial charge in [0.15, 0.2) is 5.13 Å². The third-order valence-corrected chi connectivity index (χ3v) is 6.31. The molecule has 1 aromatic heterocycles. The number of ether oxygens (including phenoxy) is 1. The Hall–Kier alpha value is -2.91. The fourth-order valence-electron chi connectivity index (χ4n) is 2.51. The van der Waals surface area contributed by atoms with E-state index in [0.717, 1.165) is 6.42 Å². The lowest BCUT2D eigenvalue weighted by Crippen LogP contribution is -2.14. The lowest BCUT2D eigenvalue weighted by molar-refractivity contribution is 0.102. The van der Waals surface area contributed by atoms with E-state index in [0.29, 0.717) is 34.7 Å². The molecule has 0 atom stereocenters. The van der Waals surface area contributed by atoms with Crippen molar-refractivity contribution in [3.63, 3.8) is 0 Å². The minimum absolute atomic E-state index is 0.0799. The van der Waals surface area contributed by atoms with Gasteiger partial charge in [0.2, 0.25) is 0 Å². The highest BCUT2D eigenvalue weighted by Crippen LogP contribution is 2.20. The van der Waals surface area contributed by atoms with Gasteiger partial charge in [-0.3, -0.25) is 9.52 Å². The number of sulfonamides is 1. The van der Waals surface area contributed by atoms with Gasteiger partial charge in [0.25, 0.3) is 15.9 Å². The molecule has 2 N–H and O–H groups in total. The molecule has 0 aliphatic rings. The predicted octanol–water partition coefficient (Wildman–Crippen LogP) is 4.62. The Morgan fingerprint density at radius 1 is 1.17 bits per heavy atom. The van der Waals surface area contributed by atoms with Crippen molar-refractivity contribution in [2.24, 2.45) is 5.92 Å². The Bertz CT molecular complexity index is 1080. The largest absolute Gasteiger partial charge is 0.494 e. The summed E-state index contributed by atoms with van der Waals surface area (Å²) in [4.78, 5) is 16.5. The number of anilines is 2. The summed E-state index contributed by atoms with van der Waals surface area (Å²) in [6, 6.07) is 12.9. The predicted molar refractivity (Wildman–Crippen MR) is 119 cm³/mol. The van der Waals surface area contributed by atoms with Crippen LogP contribution in [0.3, 0.4) is 0 Å². The lowest BCUT2D eigenvalue weighted by Gasteiger charge is -2.10. The Kier molecular flexibility index (Phi) is 7.07. The number of carbonyl (C=O) groups excluding carboxylic acids is 1. The quantitative estimate of drug-likeness (QED) is 0.501. The molecule has 0 spiro atoms. The zero-order chi connectivity index (χ0) is 21.6. The minimum Gasteiger partial charge on any atom is -0.494 e. The molecule has 0 unspecified atom stereocenters. The van der Waals surface area contributed by atoms with Crippen LogP contribution in [0.25, 0.3) is 0 Å². The van der Waals surface area contributed by atoms with E-state index in [9.17, 15) is 13.2 Å². The van der Waals surface area contributed by atoms with E-state index < -0.39 is 10.0 Å². The lowest BCUT2D eigenvalue weighted by atomic mass is 10.1. The Labute approximate surface area is 180 Å². The van der Waals surface area contributed by atoms with Crippen molar-refractivity contribution in [2.45, 2.75) is 25.2 Å². The Balaban J connectivity index is 1.63. The summed E-state index contributed by atoms with van der Waals surface area (Å²) in [5.41, 5.74) is 0.943. The average molecular weight is 446 g/mol. The summed E-state index contributed by atoms with van der Waals surface area (Å²) in [5, 5.41) is 4.74. The molecule has 1 amide bonds. The highest BCUT2D eigenvalue weighted by atomic mass is 32.2. The van der Waals surface area contributed by atoms with Crippen molar-refractivity contribution in [1.82, 2.24) is 4.98 Å². The van der Waals surface area contributed by atoms with E-state index in [-0.39, 0.29) is 10.8 Å². The van der Waals surface area contributed by atoms with Crippen LogP contribution in [0.2, 0.25) is 0 Å². The number of aromatic nitrogens is 1. The first-order valence-electron chi connectivity index (χ1n) is 9.40. The van der Waals surface area contributed by atoms with Crippen LogP contribution >= 0.6 is 11.3 Å². The van der Waals surface area contributed by atoms with Crippen LogP contribution in [0.4, 0.5) is 10.8 Å². The van der Waals surface area contributed by atoms with E-state index in [4.69, 9.17) is 4.74 Å². The average Bonchev–Trinajstić information content (AvgIpc) is 3.20. The topological polar surface area (TPSA) is 97.4 Å². The van der Waals surface area contributed by atoms with Crippen LogP contribution < -0.4 is 14.8 Å². The van der Waals surface area contributed by atoms with Crippen molar-refractivity contribution in [3.05, 3.63) is 65.7 Å². The second-order valence-electron chi connectivity index (χ2n) is 6.98. The van der Waals surface area contributed by atoms with Gasteiger partial charge in [-0.25, -0.2) is 13.4 Å². The molecule has 0 fully saturated rings. The number of amides is 1. The molecule has 3 rings (SSSR count). The van der Waals surface area contributed by atoms with Gasteiger partial charge in [0.1, 0.15) is 5.75 Å². The summed E-state index contributed by atoms with van der Waals surface area (Å²) in [6.07, 6.45) is 2.45. The molecule has 0 saturated carbocycles. The van der Waals surface area contributed by atoms with Gasteiger partial charge in [-0.2, -0.15) is 0 Å². The van der Waals surface area contributed by atoms with Gasteiger partial charge in [-0.05, 0) is 54.8 Å². The first-order valence-corrected chi connectivity index (χ1v) is 11.8. The molecule has 30 heavy (non-hydrogen) atoms. The van der Waals surface area contributed by atoms with Gasteiger partial charge >= 0.3 is 0 Å². The first kappa shape index (κ1) is 21.8. The van der Waals surface area contributed by atoms with E-state index in [2.05, 4.69) is 28.9 Å². The first-order chi connectivity index (χ1) is 14.3. The molecule has 158 valence electrons.